The molecule has 6 atom stereocenters. The lowest BCUT2D eigenvalue weighted by molar-refractivity contribution is -0.161. The van der Waals surface area contributed by atoms with E-state index in [4.69, 9.17) is 24.3 Å². The molecule has 0 bridgehead atoms. The van der Waals surface area contributed by atoms with Crippen molar-refractivity contribution in [3.63, 3.8) is 0 Å². The summed E-state index contributed by atoms with van der Waals surface area (Å²) in [6.45, 7) is 3.13. The summed E-state index contributed by atoms with van der Waals surface area (Å²) in [5.74, 6) is -1.71. The summed E-state index contributed by atoms with van der Waals surface area (Å²) in [6.07, 6.45) is 39.6. The Hall–Kier alpha value is -3.22. The predicted molar refractivity (Wildman–Crippen MR) is 239 cm³/mol. The second kappa shape index (κ2) is 36.4. The predicted octanol–water partition coefficient (Wildman–Crippen LogP) is 9.42. The van der Waals surface area contributed by atoms with E-state index in [1.807, 2.05) is 12.2 Å². The normalized spacial score (nSPS) is 19.6. The molecule has 5 N–H and O–H groups in total. The summed E-state index contributed by atoms with van der Waals surface area (Å²) >= 11 is 0. The maximum atomic E-state index is 12.7. The first-order chi connectivity index (χ1) is 29.0. The molecule has 0 radical (unpaired) electrons. The number of Topliss-reactive ketones (excluding diaryl/α,β-unsaturated/α-hetero) is 1. The average molecular weight is 862 g/mol. The number of aliphatic hydroxyl groups is 2. The monoisotopic (exact) mass is 862 g/mol. The fourth-order valence-electron chi connectivity index (χ4n) is 6.39. The van der Waals surface area contributed by atoms with Gasteiger partial charge in [-0.3, -0.25) is 23.4 Å². The molecule has 0 aromatic carbocycles. The van der Waals surface area contributed by atoms with E-state index < -0.39 is 50.6 Å². The number of unbranched alkanes of at least 4 members (excludes halogenated alkanes) is 5. The highest BCUT2D eigenvalue weighted by Gasteiger charge is 2.39. The number of nitrogens with two attached hydrogens (primary N) is 1. The van der Waals surface area contributed by atoms with E-state index in [0.29, 0.717) is 32.1 Å². The molecular weight excluding hydrogens is 785 g/mol. The minimum atomic E-state index is -4.47. The molecule has 0 aromatic rings. The van der Waals surface area contributed by atoms with Gasteiger partial charge in [0, 0.05) is 31.7 Å². The molecule has 0 aromatic heterocycles. The Bertz CT molecular complexity index is 1420. The van der Waals surface area contributed by atoms with Crippen molar-refractivity contribution < 1.29 is 52.6 Å². The van der Waals surface area contributed by atoms with Crippen LogP contribution in [0.25, 0.3) is 0 Å². The Labute approximate surface area is 360 Å². The molecule has 0 spiro atoms. The van der Waals surface area contributed by atoms with Gasteiger partial charge >= 0.3 is 19.8 Å². The van der Waals surface area contributed by atoms with Crippen LogP contribution in [0.4, 0.5) is 0 Å². The lowest BCUT2D eigenvalue weighted by Gasteiger charge is -2.20. The Balaban J connectivity index is 2.42. The molecule has 1 saturated carbocycles. The lowest BCUT2D eigenvalue weighted by atomic mass is 9.88. The Morgan fingerprint density at radius 1 is 0.783 bits per heavy atom. The highest BCUT2D eigenvalue weighted by Crippen LogP contribution is 2.43. The molecule has 1 unspecified atom stereocenters. The van der Waals surface area contributed by atoms with E-state index in [1.54, 1.807) is 12.2 Å². The third-order valence-electron chi connectivity index (χ3n) is 9.69. The maximum Gasteiger partial charge on any atom is 0.472 e. The fourth-order valence-corrected chi connectivity index (χ4v) is 7.15. The number of hydrogen-bond donors (Lipinski definition) is 4. The van der Waals surface area contributed by atoms with Gasteiger partial charge in [0.25, 0.3) is 0 Å². The molecule has 1 aliphatic rings. The summed E-state index contributed by atoms with van der Waals surface area (Å²) in [5, 5.41) is 20.8. The van der Waals surface area contributed by atoms with E-state index in [2.05, 4.69) is 74.6 Å². The number of aliphatic hydroxyl groups excluding tert-OH is 2. The second-order valence-corrected chi connectivity index (χ2v) is 16.4. The van der Waals surface area contributed by atoms with Gasteiger partial charge < -0.3 is 30.3 Å². The van der Waals surface area contributed by atoms with Crippen LogP contribution >= 0.6 is 7.82 Å². The van der Waals surface area contributed by atoms with Crippen LogP contribution in [0, 0.1) is 11.8 Å². The van der Waals surface area contributed by atoms with Crippen LogP contribution < -0.4 is 5.73 Å². The minimum absolute atomic E-state index is 0.00101. The van der Waals surface area contributed by atoms with Crippen molar-refractivity contribution in [2.75, 3.05) is 26.4 Å². The van der Waals surface area contributed by atoms with Crippen molar-refractivity contribution in [1.29, 1.82) is 0 Å². The Kier molecular flexibility index (Phi) is 33.3. The number of phosphoric acid groups is 1. The number of esters is 2. The topological polar surface area (TPSA) is 192 Å². The van der Waals surface area contributed by atoms with Gasteiger partial charge in [-0.05, 0) is 70.1 Å². The maximum absolute atomic E-state index is 12.7. The first kappa shape index (κ1) is 54.8. The lowest BCUT2D eigenvalue weighted by Crippen LogP contribution is -2.29. The minimum Gasteiger partial charge on any atom is -0.462 e. The summed E-state index contributed by atoms with van der Waals surface area (Å²) in [7, 11) is -4.47. The molecule has 13 heteroatoms. The number of hydrogen-bond acceptors (Lipinski definition) is 11. The second-order valence-electron chi connectivity index (χ2n) is 15.0. The van der Waals surface area contributed by atoms with E-state index in [-0.39, 0.29) is 50.7 Å². The molecule has 340 valence electrons. The Morgan fingerprint density at radius 3 is 1.98 bits per heavy atom. The molecular formula is C47H76NO11P. The van der Waals surface area contributed by atoms with Crippen molar-refractivity contribution in [3.05, 3.63) is 85.1 Å². The van der Waals surface area contributed by atoms with Crippen molar-refractivity contribution in [1.82, 2.24) is 0 Å². The van der Waals surface area contributed by atoms with E-state index in [0.717, 1.165) is 70.6 Å². The first-order valence-electron chi connectivity index (χ1n) is 22.2. The van der Waals surface area contributed by atoms with Gasteiger partial charge in [0.05, 0.1) is 25.4 Å². The number of ketones is 1. The van der Waals surface area contributed by atoms with Crippen LogP contribution in [-0.4, -0.2) is 77.5 Å². The molecule has 1 aliphatic carbocycles. The van der Waals surface area contributed by atoms with E-state index in [9.17, 15) is 34.1 Å². The highest BCUT2D eigenvalue weighted by molar-refractivity contribution is 7.47. The SMILES string of the molecule is CC/C=C\C/C=C\C/C=C\C/C=C\C/C=C\C/C=C\CCC(=O)OC[C@H](COP(=O)(O)OCCN)OC(=O)CCCCCC[C@H]1[C@@H](O)CC(=O)[C@@H]1/C=C/[C@@H](O)CCCCC. The fraction of sp³-hybridized carbons (Fsp3) is 0.638. The quantitative estimate of drug-likeness (QED) is 0.0202. The number of carbonyl (C=O) groups is 3. The van der Waals surface area contributed by atoms with Crippen molar-refractivity contribution in [2.24, 2.45) is 17.6 Å². The van der Waals surface area contributed by atoms with Crippen LogP contribution in [0.5, 0.6) is 0 Å². The Morgan fingerprint density at radius 2 is 1.38 bits per heavy atom. The van der Waals surface area contributed by atoms with Crippen LogP contribution in [0.1, 0.15) is 136 Å². The number of carbonyl (C=O) groups excluding carboxylic acids is 3. The number of ether oxygens (including phenoxy) is 2. The smallest absolute Gasteiger partial charge is 0.462 e. The molecule has 0 saturated heterocycles. The molecule has 1 fully saturated rings. The van der Waals surface area contributed by atoms with Crippen LogP contribution in [0.2, 0.25) is 0 Å². The molecule has 1 rings (SSSR count). The summed E-state index contributed by atoms with van der Waals surface area (Å²) in [4.78, 5) is 47.6. The van der Waals surface area contributed by atoms with Gasteiger partial charge in [-0.1, -0.05) is 137 Å². The van der Waals surface area contributed by atoms with Crippen molar-refractivity contribution in [2.45, 2.75) is 154 Å². The van der Waals surface area contributed by atoms with Crippen molar-refractivity contribution >= 4 is 25.5 Å². The molecule has 12 nitrogen and oxygen atoms in total. The molecule has 0 aliphatic heterocycles. The van der Waals surface area contributed by atoms with E-state index in [1.165, 1.54) is 0 Å². The number of phosphoric ester groups is 1. The van der Waals surface area contributed by atoms with Gasteiger partial charge in [-0.15, -0.1) is 0 Å². The first-order valence-corrected chi connectivity index (χ1v) is 23.7. The van der Waals surface area contributed by atoms with Crippen LogP contribution in [0.3, 0.4) is 0 Å². The zero-order valence-electron chi connectivity index (χ0n) is 36.4. The number of allylic oxidation sites excluding steroid dienone is 13. The molecule has 0 amide bonds. The van der Waals surface area contributed by atoms with Gasteiger partial charge in [0.15, 0.2) is 6.10 Å². The average Bonchev–Trinajstić information content (AvgIpc) is 3.49. The van der Waals surface area contributed by atoms with Crippen molar-refractivity contribution in [3.8, 4) is 0 Å². The largest absolute Gasteiger partial charge is 0.472 e. The number of rotatable bonds is 36. The zero-order chi connectivity index (χ0) is 44.1. The summed E-state index contributed by atoms with van der Waals surface area (Å²) in [6, 6.07) is 0. The standard InChI is InChI=1S/C47H76NO11P/c1-3-5-7-8-9-10-11-12-13-14-15-16-17-18-19-20-21-22-27-31-46(52)56-38-41(39-58-60(54,55)57-36-35-48)59-47(53)32-28-24-23-26-30-42-43(45(51)37-44(42)50)34-33-40(49)29-25-6-4-2/h5,7,9-10,12-13,15-16,18-19,21-22,33-34,40-44,49-50H,3-4,6,8,11,14,17,20,23-32,35-39,48H2,1-2H3,(H,54,55)/b7-5-,10-9-,13-12-,16-15-,19-18-,22-21-,34-33+/t40-,41+,42+,43+,44-/m0/s1. The van der Waals surface area contributed by atoms with Gasteiger partial charge in [-0.25, -0.2) is 4.57 Å². The third-order valence-corrected chi connectivity index (χ3v) is 10.7. The van der Waals surface area contributed by atoms with Gasteiger partial charge in [0.2, 0.25) is 0 Å². The van der Waals surface area contributed by atoms with E-state index >= 15 is 0 Å². The molecule has 60 heavy (non-hydrogen) atoms. The summed E-state index contributed by atoms with van der Waals surface area (Å²) in [5.41, 5.74) is 5.34. The van der Waals surface area contributed by atoms with Gasteiger partial charge in [-0.2, -0.15) is 0 Å². The van der Waals surface area contributed by atoms with Crippen LogP contribution in [-0.2, 0) is 37.5 Å². The van der Waals surface area contributed by atoms with Crippen LogP contribution in [0.15, 0.2) is 85.1 Å². The van der Waals surface area contributed by atoms with Gasteiger partial charge in [0.1, 0.15) is 12.4 Å². The third kappa shape index (κ3) is 29.9. The highest BCUT2D eigenvalue weighted by atomic mass is 31.2. The molecule has 0 heterocycles. The summed E-state index contributed by atoms with van der Waals surface area (Å²) < 4.78 is 32.7. The zero-order valence-corrected chi connectivity index (χ0v) is 37.3.